The molecule has 3 heteroatoms. The van der Waals surface area contributed by atoms with Gasteiger partial charge in [0.25, 0.3) is 0 Å². The molecule has 0 aliphatic heterocycles. The lowest BCUT2D eigenvalue weighted by molar-refractivity contribution is 0.0137. The van der Waals surface area contributed by atoms with Gasteiger partial charge in [0.2, 0.25) is 0 Å². The molecule has 0 spiro atoms. The van der Waals surface area contributed by atoms with E-state index in [1.807, 2.05) is 24.3 Å². The van der Waals surface area contributed by atoms with Crippen LogP contribution in [0, 0.1) is 0 Å². The fourth-order valence-corrected chi connectivity index (χ4v) is 2.51. The lowest BCUT2D eigenvalue weighted by atomic mass is 9.98. The predicted octanol–water partition coefficient (Wildman–Crippen LogP) is 3.53. The van der Waals surface area contributed by atoms with Gasteiger partial charge in [-0.1, -0.05) is 69.4 Å². The number of benzene rings is 1. The molecule has 0 aromatic heterocycles. The second-order valence-corrected chi connectivity index (χ2v) is 5.96. The van der Waals surface area contributed by atoms with Crippen LogP contribution in [0.15, 0.2) is 36.9 Å². The summed E-state index contributed by atoms with van der Waals surface area (Å²) in [5.74, 6) is 0. The summed E-state index contributed by atoms with van der Waals surface area (Å²) in [5.41, 5.74) is 1.74. The van der Waals surface area contributed by atoms with Crippen LogP contribution in [-0.4, -0.2) is 27.5 Å². The van der Waals surface area contributed by atoms with Gasteiger partial charge in [0.05, 0.1) is 18.3 Å². The van der Waals surface area contributed by atoms with Crippen LogP contribution >= 0.6 is 0 Å². The van der Waals surface area contributed by atoms with E-state index >= 15 is 0 Å². The highest BCUT2D eigenvalue weighted by atomic mass is 16.3. The van der Waals surface area contributed by atoms with Crippen molar-refractivity contribution in [2.24, 2.45) is 0 Å². The van der Waals surface area contributed by atoms with Crippen molar-refractivity contribution >= 4 is 0 Å². The van der Waals surface area contributed by atoms with Gasteiger partial charge in [0.15, 0.2) is 0 Å². The van der Waals surface area contributed by atoms with E-state index in [9.17, 15) is 15.3 Å². The van der Waals surface area contributed by atoms with Gasteiger partial charge in [-0.25, -0.2) is 0 Å². The standard InChI is InChI=1S/C19H30O3/c1-3-5-6-7-8-9-18(21)19(22)14-15-10-12-16(13-11-15)17(20)4-2/h4,10-13,17-22H,2-3,5-9,14H2,1H3/t17?,18-,19-/m1/s1. The summed E-state index contributed by atoms with van der Waals surface area (Å²) in [6, 6.07) is 7.40. The maximum absolute atomic E-state index is 10.1. The van der Waals surface area contributed by atoms with Crippen molar-refractivity contribution in [2.45, 2.75) is 70.2 Å². The van der Waals surface area contributed by atoms with Gasteiger partial charge in [-0.2, -0.15) is 0 Å². The topological polar surface area (TPSA) is 60.7 Å². The molecule has 0 fully saturated rings. The third-order valence-electron chi connectivity index (χ3n) is 4.04. The number of unbranched alkanes of at least 4 members (excludes halogenated alkanes) is 4. The Labute approximate surface area is 134 Å². The van der Waals surface area contributed by atoms with Crippen LogP contribution in [0.25, 0.3) is 0 Å². The molecule has 0 aliphatic carbocycles. The summed E-state index contributed by atoms with van der Waals surface area (Å²) in [7, 11) is 0. The van der Waals surface area contributed by atoms with E-state index < -0.39 is 18.3 Å². The molecule has 124 valence electrons. The second kappa shape index (κ2) is 10.5. The minimum absolute atomic E-state index is 0.431. The van der Waals surface area contributed by atoms with Crippen molar-refractivity contribution in [3.8, 4) is 0 Å². The number of rotatable bonds is 11. The van der Waals surface area contributed by atoms with Gasteiger partial charge in [0, 0.05) is 6.42 Å². The predicted molar refractivity (Wildman–Crippen MR) is 90.7 cm³/mol. The molecule has 1 aromatic carbocycles. The summed E-state index contributed by atoms with van der Waals surface area (Å²) >= 11 is 0. The molecule has 0 heterocycles. The Kier molecular flexibility index (Phi) is 9.05. The number of hydrogen-bond acceptors (Lipinski definition) is 3. The molecule has 3 nitrogen and oxygen atoms in total. The van der Waals surface area contributed by atoms with Crippen molar-refractivity contribution < 1.29 is 15.3 Å². The van der Waals surface area contributed by atoms with Crippen LogP contribution in [0.4, 0.5) is 0 Å². The zero-order chi connectivity index (χ0) is 16.4. The molecular weight excluding hydrogens is 276 g/mol. The van der Waals surface area contributed by atoms with Gasteiger partial charge in [0.1, 0.15) is 0 Å². The lowest BCUT2D eigenvalue weighted by Gasteiger charge is -2.18. The van der Waals surface area contributed by atoms with Crippen molar-refractivity contribution in [1.29, 1.82) is 0 Å². The van der Waals surface area contributed by atoms with Gasteiger partial charge >= 0.3 is 0 Å². The first-order valence-electron chi connectivity index (χ1n) is 8.34. The highest BCUT2D eigenvalue weighted by Gasteiger charge is 2.16. The van der Waals surface area contributed by atoms with E-state index in [0.29, 0.717) is 12.8 Å². The molecule has 1 rings (SSSR count). The Hall–Kier alpha value is -1.16. The highest BCUT2D eigenvalue weighted by molar-refractivity contribution is 5.26. The second-order valence-electron chi connectivity index (χ2n) is 5.96. The zero-order valence-electron chi connectivity index (χ0n) is 13.6. The number of aliphatic hydroxyl groups is 3. The monoisotopic (exact) mass is 306 g/mol. The first-order chi connectivity index (χ1) is 10.6. The molecule has 0 bridgehead atoms. The average Bonchev–Trinajstić information content (AvgIpc) is 2.54. The molecule has 1 unspecified atom stereocenters. The lowest BCUT2D eigenvalue weighted by Crippen LogP contribution is -2.27. The molecule has 0 amide bonds. The molecule has 0 saturated carbocycles. The van der Waals surface area contributed by atoms with Crippen LogP contribution < -0.4 is 0 Å². The summed E-state index contributed by atoms with van der Waals surface area (Å²) in [4.78, 5) is 0. The van der Waals surface area contributed by atoms with Crippen LogP contribution in [0.1, 0.15) is 62.7 Å². The highest BCUT2D eigenvalue weighted by Crippen LogP contribution is 2.17. The first-order valence-corrected chi connectivity index (χ1v) is 8.34. The van der Waals surface area contributed by atoms with Crippen molar-refractivity contribution in [2.75, 3.05) is 0 Å². The zero-order valence-corrected chi connectivity index (χ0v) is 13.6. The van der Waals surface area contributed by atoms with E-state index in [1.165, 1.54) is 25.3 Å². The number of aliphatic hydroxyl groups excluding tert-OH is 3. The van der Waals surface area contributed by atoms with Gasteiger partial charge in [-0.05, 0) is 17.5 Å². The molecule has 0 aliphatic rings. The maximum Gasteiger partial charge on any atom is 0.0969 e. The molecule has 1 aromatic rings. The SMILES string of the molecule is C=CC(O)c1ccc(C[C@@H](O)[C@H](O)CCCCCCC)cc1. The fraction of sp³-hybridized carbons (Fsp3) is 0.579. The minimum atomic E-state index is -0.735. The van der Waals surface area contributed by atoms with E-state index in [2.05, 4.69) is 13.5 Å². The van der Waals surface area contributed by atoms with Crippen LogP contribution in [0.5, 0.6) is 0 Å². The Balaban J connectivity index is 2.36. The molecular formula is C19H30O3. The molecule has 0 radical (unpaired) electrons. The Morgan fingerprint density at radius 1 is 0.955 bits per heavy atom. The molecule has 3 atom stereocenters. The van der Waals surface area contributed by atoms with Crippen LogP contribution in [0.3, 0.4) is 0 Å². The molecule has 0 saturated heterocycles. The van der Waals surface area contributed by atoms with Crippen LogP contribution in [0.2, 0.25) is 0 Å². The van der Waals surface area contributed by atoms with Gasteiger partial charge < -0.3 is 15.3 Å². The van der Waals surface area contributed by atoms with Crippen LogP contribution in [-0.2, 0) is 6.42 Å². The summed E-state index contributed by atoms with van der Waals surface area (Å²) in [6.45, 7) is 5.73. The summed E-state index contributed by atoms with van der Waals surface area (Å²) in [5, 5.41) is 29.7. The van der Waals surface area contributed by atoms with Crippen molar-refractivity contribution in [3.05, 3.63) is 48.0 Å². The third-order valence-corrected chi connectivity index (χ3v) is 4.04. The Bertz CT molecular complexity index is 413. The first kappa shape index (κ1) is 18.9. The van der Waals surface area contributed by atoms with E-state index in [-0.39, 0.29) is 0 Å². The van der Waals surface area contributed by atoms with Gasteiger partial charge in [-0.15, -0.1) is 6.58 Å². The normalized spacial score (nSPS) is 15.3. The largest absolute Gasteiger partial charge is 0.390 e. The Morgan fingerprint density at radius 2 is 1.59 bits per heavy atom. The summed E-state index contributed by atoms with van der Waals surface area (Å²) in [6.07, 6.45) is 6.23. The Morgan fingerprint density at radius 3 is 2.18 bits per heavy atom. The fourth-order valence-electron chi connectivity index (χ4n) is 2.51. The molecule has 22 heavy (non-hydrogen) atoms. The van der Waals surface area contributed by atoms with Crippen molar-refractivity contribution in [1.82, 2.24) is 0 Å². The number of hydrogen-bond donors (Lipinski definition) is 3. The van der Waals surface area contributed by atoms with Crippen molar-refractivity contribution in [3.63, 3.8) is 0 Å². The van der Waals surface area contributed by atoms with E-state index in [1.54, 1.807) is 0 Å². The average molecular weight is 306 g/mol. The molecule has 3 N–H and O–H groups in total. The maximum atomic E-state index is 10.1. The third kappa shape index (κ3) is 6.73. The minimum Gasteiger partial charge on any atom is -0.390 e. The van der Waals surface area contributed by atoms with E-state index in [0.717, 1.165) is 24.0 Å². The summed E-state index contributed by atoms with van der Waals surface area (Å²) < 4.78 is 0. The van der Waals surface area contributed by atoms with Gasteiger partial charge in [-0.3, -0.25) is 0 Å². The quantitative estimate of drug-likeness (QED) is 0.433. The smallest absolute Gasteiger partial charge is 0.0969 e. The van der Waals surface area contributed by atoms with E-state index in [4.69, 9.17) is 0 Å².